The van der Waals surface area contributed by atoms with Crippen molar-refractivity contribution in [3.05, 3.63) is 0 Å². The summed E-state index contributed by atoms with van der Waals surface area (Å²) in [6.07, 6.45) is 0. The van der Waals surface area contributed by atoms with Gasteiger partial charge in [-0.25, -0.2) is 0 Å². The van der Waals surface area contributed by atoms with Crippen LogP contribution in [0, 0.1) is 0 Å². The lowest BCUT2D eigenvalue weighted by Gasteiger charge is -2.18. The lowest BCUT2D eigenvalue weighted by molar-refractivity contribution is -0.121. The number of hydroxylamine groups is 2. The van der Waals surface area contributed by atoms with Crippen molar-refractivity contribution in [2.45, 2.75) is 0 Å². The second-order valence-corrected chi connectivity index (χ2v) is 8.46. The molecule has 1 rings (SSSR count). The van der Waals surface area contributed by atoms with Gasteiger partial charge in [-0.2, -0.15) is 52.1 Å². The molecule has 1 fully saturated rings. The average molecular weight is 314 g/mol. The fraction of sp³-hybridized carbons (Fsp3) is 1.00. The molecule has 1 aliphatic heterocycles. The molecule has 0 spiro atoms. The predicted molar refractivity (Wildman–Crippen MR) is 87.9 cm³/mol. The lowest BCUT2D eigenvalue weighted by Crippen LogP contribution is -2.27. The van der Waals surface area contributed by atoms with Crippen LogP contribution in [0.15, 0.2) is 0 Å². The molecular weight excluding hydrogens is 290 g/mol. The summed E-state index contributed by atoms with van der Waals surface area (Å²) in [6, 6.07) is 0. The van der Waals surface area contributed by atoms with E-state index in [0.717, 1.165) is 13.1 Å². The van der Waals surface area contributed by atoms with Crippen molar-refractivity contribution in [2.24, 2.45) is 0 Å². The van der Waals surface area contributed by atoms with E-state index >= 15 is 0 Å². The van der Waals surface area contributed by atoms with Crippen molar-refractivity contribution in [1.82, 2.24) is 5.06 Å². The molecule has 0 saturated carbocycles. The number of thioether (sulfide) groups is 4. The first-order valence-corrected chi connectivity index (χ1v) is 10.7. The summed E-state index contributed by atoms with van der Waals surface area (Å²) in [5.41, 5.74) is 0. The Kier molecular flexibility index (Phi) is 11.9. The van der Waals surface area contributed by atoms with Crippen molar-refractivity contribution in [2.75, 3.05) is 66.2 Å². The van der Waals surface area contributed by atoms with E-state index in [0.29, 0.717) is 0 Å². The van der Waals surface area contributed by atoms with Gasteiger partial charge in [-0.1, -0.05) is 0 Å². The van der Waals surface area contributed by atoms with Crippen LogP contribution in [0.3, 0.4) is 0 Å². The normalized spacial score (nSPS) is 23.8. The summed E-state index contributed by atoms with van der Waals surface area (Å²) >= 11 is 8.29. The summed E-state index contributed by atoms with van der Waals surface area (Å²) < 4.78 is 0. The lowest BCUT2D eigenvalue weighted by atomic mass is 10.6. The number of hydrogen-bond donors (Lipinski definition) is 0. The molecule has 102 valence electrons. The highest BCUT2D eigenvalue weighted by Crippen LogP contribution is 2.13. The monoisotopic (exact) mass is 313 g/mol. The van der Waals surface area contributed by atoms with Gasteiger partial charge in [0.1, 0.15) is 0 Å². The van der Waals surface area contributed by atoms with Gasteiger partial charge in [0.25, 0.3) is 0 Å². The van der Waals surface area contributed by atoms with Crippen LogP contribution >= 0.6 is 47.0 Å². The average Bonchev–Trinajstić information content (AvgIpc) is 2.36. The van der Waals surface area contributed by atoms with Gasteiger partial charge >= 0.3 is 0 Å². The van der Waals surface area contributed by atoms with Crippen LogP contribution < -0.4 is 0 Å². The molecule has 0 aromatic heterocycles. The maximum atomic E-state index is 5.37. The molecule has 0 bridgehead atoms. The molecule has 0 aromatic rings. The Labute approximate surface area is 123 Å². The van der Waals surface area contributed by atoms with Crippen molar-refractivity contribution < 1.29 is 4.84 Å². The van der Waals surface area contributed by atoms with Gasteiger partial charge in [0.15, 0.2) is 0 Å². The van der Waals surface area contributed by atoms with E-state index in [1.54, 1.807) is 7.11 Å². The largest absolute Gasteiger partial charge is 0.302 e. The predicted octanol–water partition coefficient (Wildman–Crippen LogP) is 2.80. The van der Waals surface area contributed by atoms with Crippen molar-refractivity contribution in [3.63, 3.8) is 0 Å². The zero-order valence-corrected chi connectivity index (χ0v) is 13.8. The Morgan fingerprint density at radius 2 is 1.00 bits per heavy atom. The van der Waals surface area contributed by atoms with E-state index < -0.39 is 0 Å². The highest BCUT2D eigenvalue weighted by atomic mass is 32.2. The Bertz CT molecular complexity index is 158. The molecule has 0 aromatic carbocycles. The minimum absolute atomic E-state index is 1.06. The fourth-order valence-electron chi connectivity index (χ4n) is 1.39. The van der Waals surface area contributed by atoms with Gasteiger partial charge in [0.2, 0.25) is 0 Å². The summed E-state index contributed by atoms with van der Waals surface area (Å²) in [6.45, 7) is 2.11. The first kappa shape index (κ1) is 16.4. The van der Waals surface area contributed by atoms with E-state index in [-0.39, 0.29) is 0 Å². The number of hydrogen-bond acceptors (Lipinski definition) is 6. The third-order valence-corrected chi connectivity index (χ3v) is 7.02. The molecular formula is C11H23NOS4. The Hall–Kier alpha value is 1.32. The van der Waals surface area contributed by atoms with Crippen LogP contribution in [0.1, 0.15) is 0 Å². The summed E-state index contributed by atoms with van der Waals surface area (Å²) in [5.74, 6) is 10.2. The summed E-state index contributed by atoms with van der Waals surface area (Å²) in [4.78, 5) is 5.37. The molecule has 17 heavy (non-hydrogen) atoms. The second kappa shape index (κ2) is 12.4. The highest BCUT2D eigenvalue weighted by molar-refractivity contribution is 8.05. The van der Waals surface area contributed by atoms with Gasteiger partial charge < -0.3 is 4.84 Å². The third-order valence-electron chi connectivity index (χ3n) is 2.34. The Morgan fingerprint density at radius 3 is 1.35 bits per heavy atom. The van der Waals surface area contributed by atoms with Crippen LogP contribution in [0.25, 0.3) is 0 Å². The number of rotatable bonds is 1. The van der Waals surface area contributed by atoms with Crippen molar-refractivity contribution in [1.29, 1.82) is 0 Å². The quantitative estimate of drug-likeness (QED) is 0.733. The Balaban J connectivity index is 2.16. The molecule has 1 saturated heterocycles. The van der Waals surface area contributed by atoms with Gasteiger partial charge in [0.05, 0.1) is 7.11 Å². The molecule has 0 N–H and O–H groups in total. The van der Waals surface area contributed by atoms with Crippen LogP contribution in [-0.4, -0.2) is 71.3 Å². The molecule has 0 atom stereocenters. The SMILES string of the molecule is CON1CCSCCSCCSCCSCC1. The van der Waals surface area contributed by atoms with Crippen LogP contribution in [0.2, 0.25) is 0 Å². The third kappa shape index (κ3) is 9.85. The van der Waals surface area contributed by atoms with Gasteiger partial charge in [-0.15, -0.1) is 0 Å². The topological polar surface area (TPSA) is 12.5 Å². The van der Waals surface area contributed by atoms with Crippen LogP contribution in [0.4, 0.5) is 0 Å². The number of nitrogens with zero attached hydrogens (tertiary/aromatic N) is 1. The van der Waals surface area contributed by atoms with Crippen LogP contribution in [-0.2, 0) is 4.84 Å². The Morgan fingerprint density at radius 1 is 0.647 bits per heavy atom. The minimum Gasteiger partial charge on any atom is -0.302 e. The van der Waals surface area contributed by atoms with E-state index in [1.165, 1.54) is 46.0 Å². The van der Waals surface area contributed by atoms with Crippen LogP contribution in [0.5, 0.6) is 0 Å². The van der Waals surface area contributed by atoms with E-state index in [2.05, 4.69) is 28.6 Å². The highest BCUT2D eigenvalue weighted by Gasteiger charge is 2.04. The molecule has 1 aliphatic rings. The summed E-state index contributed by atoms with van der Waals surface area (Å²) in [5, 5.41) is 2.10. The smallest absolute Gasteiger partial charge is 0.0575 e. The van der Waals surface area contributed by atoms with E-state index in [1.807, 2.05) is 23.5 Å². The molecule has 0 radical (unpaired) electrons. The zero-order valence-electron chi connectivity index (χ0n) is 10.6. The molecule has 0 amide bonds. The second-order valence-electron chi connectivity index (χ2n) is 3.56. The molecule has 0 unspecified atom stereocenters. The maximum absolute atomic E-state index is 5.37. The standard InChI is InChI=1S/C11H23NOS4/c1-13-12-2-4-14-6-8-16-10-11-17-9-7-15-5-3-12/h2-11H2,1H3. The maximum Gasteiger partial charge on any atom is 0.0575 e. The zero-order chi connectivity index (χ0) is 12.2. The van der Waals surface area contributed by atoms with Crippen molar-refractivity contribution in [3.8, 4) is 0 Å². The first-order chi connectivity index (χ1) is 8.43. The molecule has 6 heteroatoms. The van der Waals surface area contributed by atoms with Gasteiger partial charge in [-0.3, -0.25) is 0 Å². The summed E-state index contributed by atoms with van der Waals surface area (Å²) in [7, 11) is 1.79. The van der Waals surface area contributed by atoms with E-state index in [4.69, 9.17) is 4.84 Å². The van der Waals surface area contributed by atoms with Gasteiger partial charge in [0, 0.05) is 59.1 Å². The fourth-order valence-corrected chi connectivity index (χ4v) is 5.70. The molecule has 1 heterocycles. The first-order valence-electron chi connectivity index (χ1n) is 6.03. The van der Waals surface area contributed by atoms with Crippen molar-refractivity contribution >= 4 is 47.0 Å². The van der Waals surface area contributed by atoms with Gasteiger partial charge in [-0.05, 0) is 0 Å². The molecule has 0 aliphatic carbocycles. The minimum atomic E-state index is 1.06. The van der Waals surface area contributed by atoms with E-state index in [9.17, 15) is 0 Å². The molecule has 2 nitrogen and oxygen atoms in total.